The van der Waals surface area contributed by atoms with Gasteiger partial charge in [-0.15, -0.1) is 0 Å². The highest BCUT2D eigenvalue weighted by atomic mass is 16.3. The molecular weight excluding hydrogens is 1030 g/mol. The van der Waals surface area contributed by atoms with Gasteiger partial charge < -0.3 is 18.8 Å². The number of rotatable bonds is 10. The van der Waals surface area contributed by atoms with Gasteiger partial charge in [0.25, 0.3) is 6.71 Å². The Hall–Kier alpha value is -10.1. The molecule has 0 bridgehead atoms. The van der Waals surface area contributed by atoms with Crippen LogP contribution in [-0.2, 0) is 11.8 Å². The molecule has 4 nitrogen and oxygen atoms in total. The Morgan fingerprint density at radius 3 is 1.55 bits per heavy atom. The minimum Gasteiger partial charge on any atom is -0.456 e. The number of furan rings is 1. The Morgan fingerprint density at radius 1 is 0.388 bits per heavy atom. The number of benzene rings is 12. The zero-order valence-electron chi connectivity index (χ0n) is 48.4. The summed E-state index contributed by atoms with van der Waals surface area (Å²) in [5.41, 5.74) is 27.8. The third-order valence-corrected chi connectivity index (χ3v) is 18.1. The minimum absolute atomic E-state index is 0.158. The van der Waals surface area contributed by atoms with Crippen LogP contribution in [0.1, 0.15) is 51.7 Å². The van der Waals surface area contributed by atoms with Crippen molar-refractivity contribution in [3.8, 4) is 50.2 Å². The molecule has 0 atom stereocenters. The number of fused-ring (bicyclic) bond motifs is 10. The highest BCUT2D eigenvalue weighted by Crippen LogP contribution is 2.53. The first-order chi connectivity index (χ1) is 41.8. The minimum atomic E-state index is -0.252. The van der Waals surface area contributed by atoms with E-state index in [0.29, 0.717) is 0 Å². The summed E-state index contributed by atoms with van der Waals surface area (Å²) < 4.78 is 9.27. The third-order valence-electron chi connectivity index (χ3n) is 18.1. The first kappa shape index (κ1) is 50.6. The van der Waals surface area contributed by atoms with Crippen molar-refractivity contribution in [1.29, 1.82) is 0 Å². The van der Waals surface area contributed by atoms with Gasteiger partial charge in [0.2, 0.25) is 0 Å². The van der Waals surface area contributed by atoms with Gasteiger partial charge in [-0.1, -0.05) is 228 Å². The highest BCUT2D eigenvalue weighted by molar-refractivity contribution is 7.00. The molecule has 14 aromatic rings. The van der Waals surface area contributed by atoms with Crippen molar-refractivity contribution in [3.63, 3.8) is 0 Å². The molecule has 12 aromatic carbocycles. The van der Waals surface area contributed by atoms with Gasteiger partial charge in [0.05, 0.1) is 22.4 Å². The molecule has 2 aliphatic rings. The smallest absolute Gasteiger partial charge is 0.252 e. The van der Waals surface area contributed by atoms with Gasteiger partial charge in [-0.2, -0.15) is 0 Å². The van der Waals surface area contributed by atoms with Gasteiger partial charge in [-0.05, 0) is 152 Å². The van der Waals surface area contributed by atoms with Crippen LogP contribution in [0, 0.1) is 0 Å². The Kier molecular flexibility index (Phi) is 12.0. The van der Waals surface area contributed by atoms with Crippen LogP contribution in [0.5, 0.6) is 0 Å². The topological polar surface area (TPSA) is 24.6 Å². The number of aryl methyl sites for hydroxylation is 1. The molecule has 5 heteroatoms. The maximum atomic E-state index is 6.78. The van der Waals surface area contributed by atoms with Gasteiger partial charge in [0.15, 0.2) is 0 Å². The van der Waals surface area contributed by atoms with Crippen LogP contribution in [0.2, 0.25) is 0 Å². The summed E-state index contributed by atoms with van der Waals surface area (Å²) in [6, 6.07) is 99.8. The lowest BCUT2D eigenvalue weighted by atomic mass is 9.33. The molecular formula is C80H62BN3O. The molecule has 0 amide bonds. The van der Waals surface area contributed by atoms with Gasteiger partial charge in [-0.3, -0.25) is 0 Å². The zero-order valence-corrected chi connectivity index (χ0v) is 48.4. The number of hydrogen-bond acceptors (Lipinski definition) is 3. The second kappa shape index (κ2) is 20.1. The Morgan fingerprint density at radius 2 is 0.941 bits per heavy atom. The van der Waals surface area contributed by atoms with E-state index in [0.717, 1.165) is 80.5 Å². The van der Waals surface area contributed by atoms with E-state index in [1.807, 2.05) is 0 Å². The highest BCUT2D eigenvalue weighted by Gasteiger charge is 2.46. The van der Waals surface area contributed by atoms with E-state index in [1.54, 1.807) is 0 Å². The van der Waals surface area contributed by atoms with Gasteiger partial charge >= 0.3 is 0 Å². The molecule has 0 radical (unpaired) electrons. The fourth-order valence-corrected chi connectivity index (χ4v) is 14.0. The molecule has 0 fully saturated rings. The van der Waals surface area contributed by atoms with Crippen LogP contribution in [0.25, 0.3) is 93.9 Å². The Balaban J connectivity index is 1.07. The second-order valence-corrected chi connectivity index (χ2v) is 24.2. The molecule has 0 spiro atoms. The maximum Gasteiger partial charge on any atom is 0.252 e. The number of hydrogen-bond donors (Lipinski definition) is 0. The fraction of sp³-hybridized carbons (Fsp3) is 0.100. The van der Waals surface area contributed by atoms with E-state index in [1.165, 1.54) is 94.3 Å². The molecule has 0 saturated carbocycles. The second-order valence-electron chi connectivity index (χ2n) is 24.2. The molecule has 16 rings (SSSR count). The van der Waals surface area contributed by atoms with Crippen molar-refractivity contribution in [2.45, 2.75) is 52.4 Å². The molecule has 2 aliphatic heterocycles. The number of aromatic nitrogens is 1. The summed E-state index contributed by atoms with van der Waals surface area (Å²) >= 11 is 0. The molecule has 0 N–H and O–H groups in total. The van der Waals surface area contributed by atoms with Crippen LogP contribution in [0.3, 0.4) is 0 Å². The standard InChI is InChI=1S/C80H62BN3O/c1-5-6-25-57-47-77-66(63-36-21-24-39-76(63)85-77)51-72(57)83-73-50-60(82-69-37-22-19-34-61(69)62-35-20-23-38-70(62)82)41-42-67(73)81-68-46-56(52-26-11-7-12-27-52)40-43-71(68)84(75-49-59(80(2,3)4)48-74(83)78(75)81)79-64(54-30-15-9-16-31-54)44-58(53-28-13-8-14-29-53)45-65(79)55-32-17-10-18-33-55/h7-24,26-51H,5-6,25H2,1-4H3. The van der Waals surface area contributed by atoms with Gasteiger partial charge in [-0.25, -0.2) is 0 Å². The lowest BCUT2D eigenvalue weighted by molar-refractivity contribution is 0.590. The van der Waals surface area contributed by atoms with E-state index in [2.05, 4.69) is 309 Å². The normalized spacial score (nSPS) is 12.8. The van der Waals surface area contributed by atoms with Crippen molar-refractivity contribution in [2.24, 2.45) is 0 Å². The van der Waals surface area contributed by atoms with Crippen LogP contribution in [0.15, 0.2) is 271 Å². The largest absolute Gasteiger partial charge is 0.456 e. The average Bonchev–Trinajstić information content (AvgIpc) is 1.33. The molecule has 0 saturated heterocycles. The number of para-hydroxylation sites is 3. The number of anilines is 6. The lowest BCUT2D eigenvalue weighted by Gasteiger charge is -2.46. The van der Waals surface area contributed by atoms with Crippen molar-refractivity contribution in [1.82, 2.24) is 4.57 Å². The van der Waals surface area contributed by atoms with Crippen molar-refractivity contribution in [3.05, 3.63) is 278 Å². The lowest BCUT2D eigenvalue weighted by Crippen LogP contribution is -2.61. The van der Waals surface area contributed by atoms with Crippen LogP contribution in [-0.4, -0.2) is 11.3 Å². The summed E-state index contributed by atoms with van der Waals surface area (Å²) in [4.78, 5) is 5.36. The molecule has 85 heavy (non-hydrogen) atoms. The van der Waals surface area contributed by atoms with Crippen LogP contribution >= 0.6 is 0 Å². The van der Waals surface area contributed by atoms with E-state index < -0.39 is 0 Å². The Bertz CT molecular complexity index is 4810. The molecule has 4 heterocycles. The number of unbranched alkanes of at least 4 members (excludes halogenated alkanes) is 1. The van der Waals surface area contributed by atoms with Crippen molar-refractivity contribution < 1.29 is 4.42 Å². The fourth-order valence-electron chi connectivity index (χ4n) is 14.0. The summed E-state index contributed by atoms with van der Waals surface area (Å²) in [6.45, 7) is 9.28. The zero-order chi connectivity index (χ0) is 56.9. The van der Waals surface area contributed by atoms with E-state index in [4.69, 9.17) is 4.42 Å². The van der Waals surface area contributed by atoms with Crippen LogP contribution < -0.4 is 26.2 Å². The molecule has 406 valence electrons. The SMILES string of the molecule is CCCCc1cc2oc3ccccc3c2cc1N1c2cc(-n3c4ccccc4c4ccccc43)ccc2B2c3cc(-c4ccccc4)ccc3N(c3c(-c4ccccc4)cc(-c4ccccc4)cc3-c3ccccc3)c3cc(C(C)(C)C)cc1c32. The predicted molar refractivity (Wildman–Crippen MR) is 361 cm³/mol. The molecule has 0 unspecified atom stereocenters. The van der Waals surface area contributed by atoms with Crippen LogP contribution in [0.4, 0.5) is 34.1 Å². The van der Waals surface area contributed by atoms with Crippen molar-refractivity contribution >= 4 is 101 Å². The first-order valence-corrected chi connectivity index (χ1v) is 30.2. The molecule has 2 aromatic heterocycles. The first-order valence-electron chi connectivity index (χ1n) is 30.2. The summed E-state index contributed by atoms with van der Waals surface area (Å²) in [7, 11) is 0. The van der Waals surface area contributed by atoms with E-state index >= 15 is 0 Å². The van der Waals surface area contributed by atoms with Gasteiger partial charge in [0.1, 0.15) is 11.2 Å². The third kappa shape index (κ3) is 8.27. The maximum absolute atomic E-state index is 6.78. The molecule has 0 aliphatic carbocycles. The quantitative estimate of drug-likeness (QED) is 0.128. The van der Waals surface area contributed by atoms with E-state index in [9.17, 15) is 0 Å². The number of nitrogens with zero attached hydrogens (tertiary/aromatic N) is 3. The summed E-state index contributed by atoms with van der Waals surface area (Å²) in [5.74, 6) is 0. The summed E-state index contributed by atoms with van der Waals surface area (Å²) in [6.07, 6.45) is 3.00. The van der Waals surface area contributed by atoms with Crippen molar-refractivity contribution in [2.75, 3.05) is 9.80 Å². The predicted octanol–water partition coefficient (Wildman–Crippen LogP) is 20.1. The average molecular weight is 1090 g/mol. The summed E-state index contributed by atoms with van der Waals surface area (Å²) in [5, 5.41) is 4.72. The monoisotopic (exact) mass is 1090 g/mol. The van der Waals surface area contributed by atoms with Gasteiger partial charge in [0, 0.05) is 61.1 Å². The Labute approximate surface area is 497 Å². The van der Waals surface area contributed by atoms with E-state index in [-0.39, 0.29) is 12.1 Å².